The highest BCUT2D eigenvalue weighted by atomic mass is 35.5. The predicted octanol–water partition coefficient (Wildman–Crippen LogP) is 3.69. The van der Waals surface area contributed by atoms with Crippen LogP contribution in [0.15, 0.2) is 42.5 Å². The normalized spacial score (nSPS) is 11.5. The Morgan fingerprint density at radius 1 is 1.20 bits per heavy atom. The lowest BCUT2D eigenvalue weighted by molar-refractivity contribution is -0.120. The molecule has 7 heteroatoms. The first-order valence-electron chi connectivity index (χ1n) is 7.55. The molecule has 0 radical (unpaired) electrons. The minimum atomic E-state index is -0.573. The lowest BCUT2D eigenvalue weighted by Gasteiger charge is -2.18. The Morgan fingerprint density at radius 2 is 1.88 bits per heavy atom. The van der Waals surface area contributed by atoms with Crippen LogP contribution in [0.2, 0.25) is 5.02 Å². The third-order valence-corrected chi connectivity index (χ3v) is 3.73. The molecule has 132 valence electrons. The summed E-state index contributed by atoms with van der Waals surface area (Å²) in [4.78, 5) is 23.7. The van der Waals surface area contributed by atoms with Crippen molar-refractivity contribution < 1.29 is 18.7 Å². The van der Waals surface area contributed by atoms with Gasteiger partial charge in [0.15, 0.2) is 11.6 Å². The molecule has 0 heterocycles. The van der Waals surface area contributed by atoms with Crippen LogP contribution >= 0.6 is 11.6 Å². The van der Waals surface area contributed by atoms with Crippen molar-refractivity contribution in [1.29, 1.82) is 0 Å². The van der Waals surface area contributed by atoms with Crippen LogP contribution in [0.3, 0.4) is 0 Å². The van der Waals surface area contributed by atoms with E-state index in [2.05, 4.69) is 10.6 Å². The van der Waals surface area contributed by atoms with Crippen LogP contribution in [0.1, 0.15) is 24.9 Å². The van der Waals surface area contributed by atoms with Gasteiger partial charge in [0.05, 0.1) is 19.6 Å². The van der Waals surface area contributed by atoms with Gasteiger partial charge in [0, 0.05) is 23.7 Å². The number of methoxy groups -OCH3 is 1. The van der Waals surface area contributed by atoms with E-state index >= 15 is 0 Å². The number of nitrogens with one attached hydrogen (secondary N) is 2. The van der Waals surface area contributed by atoms with Crippen molar-refractivity contribution in [2.75, 3.05) is 12.4 Å². The van der Waals surface area contributed by atoms with E-state index in [1.807, 2.05) is 0 Å². The van der Waals surface area contributed by atoms with Gasteiger partial charge in [-0.15, -0.1) is 0 Å². The van der Waals surface area contributed by atoms with E-state index in [0.717, 1.165) is 5.56 Å². The molecule has 5 nitrogen and oxygen atoms in total. The molecule has 2 aromatic rings. The van der Waals surface area contributed by atoms with Gasteiger partial charge in [0.1, 0.15) is 0 Å². The third kappa shape index (κ3) is 5.46. The van der Waals surface area contributed by atoms with Crippen LogP contribution in [-0.4, -0.2) is 18.9 Å². The molecule has 0 saturated carbocycles. The molecule has 0 aliphatic heterocycles. The quantitative estimate of drug-likeness (QED) is 0.821. The largest absolute Gasteiger partial charge is 0.494 e. The molecule has 25 heavy (non-hydrogen) atoms. The fourth-order valence-corrected chi connectivity index (χ4v) is 2.46. The van der Waals surface area contributed by atoms with E-state index in [1.165, 1.54) is 32.2 Å². The molecule has 0 aliphatic carbocycles. The standard InChI is InChI=1S/C18H18ClFN2O3/c1-11(23)21-16(12-3-5-13(19)6-4-12)10-18(24)22-14-7-8-17(25-2)15(20)9-14/h3-9,16H,10H2,1-2H3,(H,21,23)(H,22,24). The van der Waals surface area contributed by atoms with E-state index in [4.69, 9.17) is 16.3 Å². The summed E-state index contributed by atoms with van der Waals surface area (Å²) >= 11 is 5.86. The Balaban J connectivity index is 2.09. The van der Waals surface area contributed by atoms with E-state index in [9.17, 15) is 14.0 Å². The van der Waals surface area contributed by atoms with Crippen molar-refractivity contribution in [1.82, 2.24) is 5.32 Å². The predicted molar refractivity (Wildman–Crippen MR) is 94.2 cm³/mol. The number of hydrogen-bond acceptors (Lipinski definition) is 3. The van der Waals surface area contributed by atoms with Crippen LogP contribution in [0.4, 0.5) is 10.1 Å². The Bertz CT molecular complexity index is 765. The number of hydrogen-bond donors (Lipinski definition) is 2. The highest BCUT2D eigenvalue weighted by Gasteiger charge is 2.17. The number of anilines is 1. The van der Waals surface area contributed by atoms with Crippen molar-refractivity contribution in [3.05, 3.63) is 58.9 Å². The molecule has 2 amide bonds. The van der Waals surface area contributed by atoms with E-state index in [-0.39, 0.29) is 24.0 Å². The van der Waals surface area contributed by atoms with Crippen LogP contribution in [0.25, 0.3) is 0 Å². The van der Waals surface area contributed by atoms with Gasteiger partial charge in [-0.1, -0.05) is 23.7 Å². The van der Waals surface area contributed by atoms with Gasteiger partial charge in [-0.05, 0) is 29.8 Å². The first kappa shape index (κ1) is 18.7. The number of benzene rings is 2. The lowest BCUT2D eigenvalue weighted by atomic mass is 10.0. The summed E-state index contributed by atoms with van der Waals surface area (Å²) in [7, 11) is 1.36. The Labute approximate surface area is 150 Å². The van der Waals surface area contributed by atoms with Gasteiger partial charge < -0.3 is 15.4 Å². The molecule has 2 rings (SSSR count). The van der Waals surface area contributed by atoms with E-state index < -0.39 is 11.9 Å². The summed E-state index contributed by atoms with van der Waals surface area (Å²) in [6.07, 6.45) is -0.00510. The Kier molecular flexibility index (Phi) is 6.36. The third-order valence-electron chi connectivity index (χ3n) is 3.47. The molecule has 2 N–H and O–H groups in total. The van der Waals surface area contributed by atoms with Gasteiger partial charge in [-0.2, -0.15) is 0 Å². The zero-order chi connectivity index (χ0) is 18.4. The summed E-state index contributed by atoms with van der Waals surface area (Å²) < 4.78 is 18.5. The maximum Gasteiger partial charge on any atom is 0.226 e. The van der Waals surface area contributed by atoms with Crippen molar-refractivity contribution in [3.8, 4) is 5.75 Å². The average molecular weight is 365 g/mol. The molecule has 0 aromatic heterocycles. The number of amides is 2. The minimum Gasteiger partial charge on any atom is -0.494 e. The van der Waals surface area contributed by atoms with Crippen molar-refractivity contribution in [2.45, 2.75) is 19.4 Å². The Morgan fingerprint density at radius 3 is 2.44 bits per heavy atom. The topological polar surface area (TPSA) is 67.4 Å². The van der Waals surface area contributed by atoms with Gasteiger partial charge in [0.2, 0.25) is 11.8 Å². The lowest BCUT2D eigenvalue weighted by Crippen LogP contribution is -2.29. The molecule has 0 aliphatic rings. The maximum atomic E-state index is 13.7. The molecular weight excluding hydrogens is 347 g/mol. The molecule has 0 spiro atoms. The van der Waals surface area contributed by atoms with E-state index in [1.54, 1.807) is 24.3 Å². The van der Waals surface area contributed by atoms with Crippen LogP contribution in [0.5, 0.6) is 5.75 Å². The summed E-state index contributed by atoms with van der Waals surface area (Å²) in [5.74, 6) is -1.10. The smallest absolute Gasteiger partial charge is 0.226 e. The second-order valence-corrected chi connectivity index (χ2v) is 5.84. The van der Waals surface area contributed by atoms with Crippen molar-refractivity contribution in [3.63, 3.8) is 0 Å². The molecule has 0 saturated heterocycles. The number of carbonyl (C=O) groups excluding carboxylic acids is 2. The van der Waals surface area contributed by atoms with Gasteiger partial charge in [0.25, 0.3) is 0 Å². The fraction of sp³-hybridized carbons (Fsp3) is 0.222. The number of carbonyl (C=O) groups is 2. The van der Waals surface area contributed by atoms with Gasteiger partial charge >= 0.3 is 0 Å². The fourth-order valence-electron chi connectivity index (χ4n) is 2.33. The number of ether oxygens (including phenoxy) is 1. The zero-order valence-electron chi connectivity index (χ0n) is 13.8. The molecule has 0 bridgehead atoms. The molecule has 0 fully saturated rings. The first-order chi connectivity index (χ1) is 11.9. The monoisotopic (exact) mass is 364 g/mol. The average Bonchev–Trinajstić information content (AvgIpc) is 2.54. The zero-order valence-corrected chi connectivity index (χ0v) is 14.6. The van der Waals surface area contributed by atoms with Crippen LogP contribution < -0.4 is 15.4 Å². The molecule has 1 atom stereocenters. The van der Waals surface area contributed by atoms with E-state index in [0.29, 0.717) is 10.7 Å². The second kappa shape index (κ2) is 8.48. The number of halogens is 2. The van der Waals surface area contributed by atoms with Crippen molar-refractivity contribution >= 4 is 29.1 Å². The SMILES string of the molecule is COc1ccc(NC(=O)CC(NC(C)=O)c2ccc(Cl)cc2)cc1F. The molecular formula is C18H18ClFN2O3. The maximum absolute atomic E-state index is 13.7. The summed E-state index contributed by atoms with van der Waals surface area (Å²) in [6, 6.07) is 10.5. The highest BCUT2D eigenvalue weighted by molar-refractivity contribution is 6.30. The van der Waals surface area contributed by atoms with Gasteiger partial charge in [-0.3, -0.25) is 9.59 Å². The Hall–Kier alpha value is -2.60. The number of rotatable bonds is 6. The summed E-state index contributed by atoms with van der Waals surface area (Å²) in [6.45, 7) is 1.37. The second-order valence-electron chi connectivity index (χ2n) is 5.41. The summed E-state index contributed by atoms with van der Waals surface area (Å²) in [5.41, 5.74) is 1.05. The minimum absolute atomic E-state index is 0.00510. The highest BCUT2D eigenvalue weighted by Crippen LogP contribution is 2.23. The van der Waals surface area contributed by atoms with Crippen LogP contribution in [-0.2, 0) is 9.59 Å². The molecule has 2 aromatic carbocycles. The molecule has 1 unspecified atom stereocenters. The van der Waals surface area contributed by atoms with Gasteiger partial charge in [-0.25, -0.2) is 4.39 Å². The first-order valence-corrected chi connectivity index (χ1v) is 7.93. The van der Waals surface area contributed by atoms with Crippen LogP contribution in [0, 0.1) is 5.82 Å². The summed E-state index contributed by atoms with van der Waals surface area (Å²) in [5, 5.41) is 5.89. The van der Waals surface area contributed by atoms with Crippen molar-refractivity contribution in [2.24, 2.45) is 0 Å².